The molecule has 0 radical (unpaired) electrons. The smallest absolute Gasteiger partial charge is 0.406 e. The molecule has 0 aliphatic carbocycles. The summed E-state index contributed by atoms with van der Waals surface area (Å²) in [6, 6.07) is 9.39. The van der Waals surface area contributed by atoms with E-state index >= 15 is 0 Å². The number of nitrogens with zero attached hydrogens (tertiary/aromatic N) is 2. The Morgan fingerprint density at radius 1 is 1.08 bits per heavy atom. The summed E-state index contributed by atoms with van der Waals surface area (Å²) in [5, 5.41) is 5.83. The third-order valence-electron chi connectivity index (χ3n) is 5.81. The molecule has 3 aromatic rings. The van der Waals surface area contributed by atoms with Gasteiger partial charge in [0.1, 0.15) is 11.8 Å². The van der Waals surface area contributed by atoms with Gasteiger partial charge in [-0.05, 0) is 37.1 Å². The van der Waals surface area contributed by atoms with Crippen molar-refractivity contribution in [1.82, 2.24) is 9.47 Å². The van der Waals surface area contributed by atoms with Gasteiger partial charge in [-0.3, -0.25) is 9.36 Å². The van der Waals surface area contributed by atoms with Gasteiger partial charge in [0.15, 0.2) is 0 Å². The maximum Gasteiger partial charge on any atom is 0.573 e. The van der Waals surface area contributed by atoms with Crippen LogP contribution in [0, 0.1) is 5.92 Å². The topological polar surface area (TPSA) is 145 Å². The fraction of sp³-hybridized carbons (Fsp3) is 0.261. The van der Waals surface area contributed by atoms with Crippen molar-refractivity contribution in [2.75, 3.05) is 23.7 Å². The van der Waals surface area contributed by atoms with Crippen LogP contribution in [-0.4, -0.2) is 52.9 Å². The normalized spacial score (nSPS) is 17.7. The molecule has 190 valence electrons. The van der Waals surface area contributed by atoms with E-state index in [0.29, 0.717) is 16.6 Å². The first-order chi connectivity index (χ1) is 17.1. The Labute approximate surface area is 203 Å². The molecule has 0 bridgehead atoms. The number of amides is 4. The minimum absolute atomic E-state index is 0.0721. The van der Waals surface area contributed by atoms with Crippen LogP contribution in [0.15, 0.2) is 54.7 Å². The van der Waals surface area contributed by atoms with Crippen LogP contribution in [0.4, 0.5) is 34.1 Å². The number of hydrogen-bond acceptors (Lipinski definition) is 5. The van der Waals surface area contributed by atoms with Crippen LogP contribution in [0.3, 0.4) is 0 Å². The predicted octanol–water partition coefficient (Wildman–Crippen LogP) is 3.29. The maximum atomic E-state index is 13.2. The molecule has 10 nitrogen and oxygen atoms in total. The SMILES string of the molecule is NCC1CC(C(=O)Nc2cccc(OC(F)(F)F)c2)N(C(=O)Nc2cn(C(N)=O)c3ccccc23)C1. The van der Waals surface area contributed by atoms with Crippen LogP contribution in [-0.2, 0) is 4.79 Å². The minimum Gasteiger partial charge on any atom is -0.406 e. The van der Waals surface area contributed by atoms with Crippen LogP contribution in [0.25, 0.3) is 10.9 Å². The zero-order chi connectivity index (χ0) is 26.0. The molecule has 2 aromatic carbocycles. The molecule has 1 aliphatic rings. The summed E-state index contributed by atoms with van der Waals surface area (Å²) >= 11 is 0. The summed E-state index contributed by atoms with van der Waals surface area (Å²) in [6.07, 6.45) is -3.23. The molecule has 1 fully saturated rings. The highest BCUT2D eigenvalue weighted by Gasteiger charge is 2.39. The van der Waals surface area contributed by atoms with Crippen molar-refractivity contribution >= 4 is 40.2 Å². The highest BCUT2D eigenvalue weighted by Crippen LogP contribution is 2.30. The number of benzene rings is 2. The first-order valence-corrected chi connectivity index (χ1v) is 10.9. The van der Waals surface area contributed by atoms with Crippen molar-refractivity contribution in [3.05, 3.63) is 54.7 Å². The average molecular weight is 504 g/mol. The van der Waals surface area contributed by atoms with Crippen LogP contribution in [0.2, 0.25) is 0 Å². The Morgan fingerprint density at radius 3 is 2.53 bits per heavy atom. The molecule has 1 aromatic heterocycles. The number of nitrogens with one attached hydrogen (secondary N) is 2. The van der Waals surface area contributed by atoms with Gasteiger partial charge in [0.2, 0.25) is 5.91 Å². The predicted molar refractivity (Wildman–Crippen MR) is 125 cm³/mol. The van der Waals surface area contributed by atoms with Crippen molar-refractivity contribution in [1.29, 1.82) is 0 Å². The highest BCUT2D eigenvalue weighted by molar-refractivity contribution is 6.06. The van der Waals surface area contributed by atoms with Gasteiger partial charge in [-0.25, -0.2) is 9.59 Å². The number of alkyl halides is 3. The van der Waals surface area contributed by atoms with Gasteiger partial charge in [0, 0.05) is 29.9 Å². The first-order valence-electron chi connectivity index (χ1n) is 10.9. The van der Waals surface area contributed by atoms with Crippen LogP contribution < -0.4 is 26.8 Å². The lowest BCUT2D eigenvalue weighted by atomic mass is 10.1. The Kier molecular flexibility index (Phi) is 6.75. The quantitative estimate of drug-likeness (QED) is 0.421. The van der Waals surface area contributed by atoms with E-state index in [1.54, 1.807) is 24.3 Å². The molecule has 1 saturated heterocycles. The molecule has 0 spiro atoms. The van der Waals surface area contributed by atoms with E-state index < -0.39 is 36.1 Å². The highest BCUT2D eigenvalue weighted by atomic mass is 19.4. The van der Waals surface area contributed by atoms with Crippen molar-refractivity contribution in [2.24, 2.45) is 17.4 Å². The lowest BCUT2D eigenvalue weighted by Crippen LogP contribution is -2.45. The molecule has 4 amide bonds. The summed E-state index contributed by atoms with van der Waals surface area (Å²) in [5.41, 5.74) is 12.1. The van der Waals surface area contributed by atoms with Crippen molar-refractivity contribution in [2.45, 2.75) is 18.8 Å². The van der Waals surface area contributed by atoms with Crippen molar-refractivity contribution in [3.8, 4) is 5.75 Å². The van der Waals surface area contributed by atoms with Crippen molar-refractivity contribution < 1.29 is 32.3 Å². The number of likely N-dealkylation sites (tertiary alicyclic amines) is 1. The number of carbonyl (C=O) groups excluding carboxylic acids is 3. The molecule has 6 N–H and O–H groups in total. The number of primary amides is 1. The zero-order valence-electron chi connectivity index (χ0n) is 18.8. The lowest BCUT2D eigenvalue weighted by molar-refractivity contribution is -0.274. The Morgan fingerprint density at radius 2 is 1.83 bits per heavy atom. The number of anilines is 2. The maximum absolute atomic E-state index is 13.2. The molecular formula is C23H23F3N6O4. The van der Waals surface area contributed by atoms with E-state index in [1.807, 2.05) is 0 Å². The van der Waals surface area contributed by atoms with Crippen LogP contribution in [0.5, 0.6) is 5.75 Å². The van der Waals surface area contributed by atoms with E-state index in [2.05, 4.69) is 15.4 Å². The molecular weight excluding hydrogens is 481 g/mol. The number of urea groups is 1. The first kappa shape index (κ1) is 24.9. The fourth-order valence-corrected chi connectivity index (χ4v) is 4.21. The van der Waals surface area contributed by atoms with Gasteiger partial charge in [-0.15, -0.1) is 13.2 Å². The van der Waals surface area contributed by atoms with E-state index in [4.69, 9.17) is 11.5 Å². The Balaban J connectivity index is 1.53. The number of halogens is 3. The summed E-state index contributed by atoms with van der Waals surface area (Å²) < 4.78 is 42.7. The number of rotatable bonds is 5. The number of aromatic nitrogens is 1. The third-order valence-corrected chi connectivity index (χ3v) is 5.81. The number of fused-ring (bicyclic) bond motifs is 1. The molecule has 36 heavy (non-hydrogen) atoms. The largest absolute Gasteiger partial charge is 0.573 e. The number of nitrogens with two attached hydrogens (primary N) is 2. The molecule has 0 saturated carbocycles. The molecule has 13 heteroatoms. The van der Waals surface area contributed by atoms with Gasteiger partial charge in [0.05, 0.1) is 11.2 Å². The second kappa shape index (κ2) is 9.77. The summed E-state index contributed by atoms with van der Waals surface area (Å²) in [4.78, 5) is 39.3. The number of ether oxygens (including phenoxy) is 1. The van der Waals surface area contributed by atoms with Gasteiger partial charge in [-0.1, -0.05) is 24.3 Å². The van der Waals surface area contributed by atoms with Gasteiger partial charge < -0.3 is 31.7 Å². The van der Waals surface area contributed by atoms with E-state index in [0.717, 1.165) is 12.1 Å². The third kappa shape index (κ3) is 5.35. The summed E-state index contributed by atoms with van der Waals surface area (Å²) in [5.74, 6) is -1.25. The van der Waals surface area contributed by atoms with Crippen LogP contribution in [0.1, 0.15) is 6.42 Å². The number of para-hydroxylation sites is 1. The second-order valence-corrected chi connectivity index (χ2v) is 8.27. The monoisotopic (exact) mass is 504 g/mol. The van der Waals surface area contributed by atoms with Gasteiger partial charge >= 0.3 is 18.4 Å². The fourth-order valence-electron chi connectivity index (χ4n) is 4.21. The van der Waals surface area contributed by atoms with Gasteiger partial charge in [0.25, 0.3) is 0 Å². The van der Waals surface area contributed by atoms with E-state index in [9.17, 15) is 27.6 Å². The minimum atomic E-state index is -4.88. The van der Waals surface area contributed by atoms with E-state index in [-0.39, 0.29) is 31.1 Å². The summed E-state index contributed by atoms with van der Waals surface area (Å²) in [6.45, 7) is 0.412. The van der Waals surface area contributed by atoms with Crippen LogP contribution >= 0.6 is 0 Å². The van der Waals surface area contributed by atoms with E-state index in [1.165, 1.54) is 27.8 Å². The van der Waals surface area contributed by atoms with Gasteiger partial charge in [-0.2, -0.15) is 0 Å². The zero-order valence-corrected chi connectivity index (χ0v) is 18.8. The number of hydrogen-bond donors (Lipinski definition) is 4. The Bertz CT molecular complexity index is 1310. The molecule has 4 rings (SSSR count). The standard InChI is InChI=1S/C23H23F3N6O4/c24-23(25,26)36-15-5-3-4-14(9-15)29-20(33)19-8-13(10-27)11-32(19)22(35)30-17-12-31(21(28)34)18-7-2-1-6-16(17)18/h1-7,9,12-13,19H,8,10-11,27H2,(H2,28,34)(H,29,33)(H,30,35). The number of carbonyl (C=O) groups is 3. The Hall–Kier alpha value is -4.26. The average Bonchev–Trinajstić information content (AvgIpc) is 3.41. The van der Waals surface area contributed by atoms with Crippen molar-refractivity contribution in [3.63, 3.8) is 0 Å². The lowest BCUT2D eigenvalue weighted by Gasteiger charge is -2.24. The second-order valence-electron chi connectivity index (χ2n) is 8.27. The molecule has 2 unspecified atom stereocenters. The summed E-state index contributed by atoms with van der Waals surface area (Å²) in [7, 11) is 0. The molecule has 2 atom stereocenters. The molecule has 1 aliphatic heterocycles. The molecule has 2 heterocycles.